The van der Waals surface area contributed by atoms with Gasteiger partial charge in [-0.05, 0) is 33.7 Å². The van der Waals surface area contributed by atoms with E-state index in [4.69, 9.17) is 4.74 Å². The predicted octanol–water partition coefficient (Wildman–Crippen LogP) is 4.51. The molecule has 0 amide bonds. The average molecular weight is 260 g/mol. The summed E-state index contributed by atoms with van der Waals surface area (Å²) in [6.07, 6.45) is 0. The Hall–Kier alpha value is -2.61. The molecule has 4 aromatic carbocycles. The molecule has 0 heterocycles. The average Bonchev–Trinajstić information content (AvgIpc) is 2.46. The standard InChI is InChI=1S/C18H12O2/c1-11(19)20-16-10-8-14-6-5-12-3-2-4-13-7-9-15(16)18(14)17(12)13/h2-10H,1H3. The molecule has 2 nitrogen and oxygen atoms in total. The molecule has 0 aliphatic rings. The number of ether oxygens (including phenoxy) is 1. The zero-order valence-electron chi connectivity index (χ0n) is 11.0. The van der Waals surface area contributed by atoms with Gasteiger partial charge in [-0.2, -0.15) is 0 Å². The molecule has 0 N–H and O–H groups in total. The van der Waals surface area contributed by atoms with E-state index < -0.39 is 0 Å². The SMILES string of the molecule is CC(=O)Oc1ccc2ccc3cccc4ccc1c2c34. The quantitative estimate of drug-likeness (QED) is 0.286. The van der Waals surface area contributed by atoms with Gasteiger partial charge in [0, 0.05) is 17.7 Å². The van der Waals surface area contributed by atoms with Crippen LogP contribution in [0.1, 0.15) is 6.92 Å². The van der Waals surface area contributed by atoms with E-state index in [1.165, 1.54) is 33.9 Å². The Morgan fingerprint density at radius 3 is 2.10 bits per heavy atom. The minimum Gasteiger partial charge on any atom is -0.426 e. The van der Waals surface area contributed by atoms with E-state index in [1.54, 1.807) is 0 Å². The molecule has 2 heteroatoms. The monoisotopic (exact) mass is 260 g/mol. The summed E-state index contributed by atoms with van der Waals surface area (Å²) in [6, 6.07) is 18.5. The van der Waals surface area contributed by atoms with Gasteiger partial charge in [0.1, 0.15) is 5.75 Å². The number of benzene rings is 4. The maximum Gasteiger partial charge on any atom is 0.308 e. The van der Waals surface area contributed by atoms with Gasteiger partial charge in [0.25, 0.3) is 0 Å². The second-order valence-electron chi connectivity index (χ2n) is 5.01. The minimum absolute atomic E-state index is 0.292. The van der Waals surface area contributed by atoms with Gasteiger partial charge in [0.2, 0.25) is 0 Å². The first kappa shape index (κ1) is 11.2. The second-order valence-corrected chi connectivity index (χ2v) is 5.01. The number of carbonyl (C=O) groups is 1. The van der Waals surface area contributed by atoms with Crippen molar-refractivity contribution in [3.63, 3.8) is 0 Å². The van der Waals surface area contributed by atoms with Crippen molar-refractivity contribution in [2.75, 3.05) is 0 Å². The van der Waals surface area contributed by atoms with E-state index in [9.17, 15) is 4.79 Å². The first-order valence-electron chi connectivity index (χ1n) is 6.59. The molecule has 0 saturated carbocycles. The molecule has 0 radical (unpaired) electrons. The minimum atomic E-state index is -0.292. The number of hydrogen-bond donors (Lipinski definition) is 0. The largest absolute Gasteiger partial charge is 0.426 e. The molecule has 0 fully saturated rings. The smallest absolute Gasteiger partial charge is 0.308 e. The van der Waals surface area contributed by atoms with Gasteiger partial charge >= 0.3 is 5.97 Å². The van der Waals surface area contributed by atoms with Crippen LogP contribution < -0.4 is 4.74 Å². The van der Waals surface area contributed by atoms with Crippen molar-refractivity contribution in [3.8, 4) is 5.75 Å². The van der Waals surface area contributed by atoms with Gasteiger partial charge in [0.15, 0.2) is 0 Å². The third-order valence-corrected chi connectivity index (χ3v) is 3.74. The third-order valence-electron chi connectivity index (χ3n) is 3.74. The number of rotatable bonds is 1. The number of carbonyl (C=O) groups excluding carboxylic acids is 1. The highest BCUT2D eigenvalue weighted by Gasteiger charge is 2.11. The summed E-state index contributed by atoms with van der Waals surface area (Å²) in [5.74, 6) is 0.336. The highest BCUT2D eigenvalue weighted by Crippen LogP contribution is 2.38. The van der Waals surface area contributed by atoms with E-state index in [0.717, 1.165) is 5.39 Å². The summed E-state index contributed by atoms with van der Waals surface area (Å²) in [4.78, 5) is 11.3. The Kier molecular flexibility index (Phi) is 2.21. The van der Waals surface area contributed by atoms with Crippen molar-refractivity contribution in [1.82, 2.24) is 0 Å². The van der Waals surface area contributed by atoms with Crippen LogP contribution in [0.5, 0.6) is 5.75 Å². The fraction of sp³-hybridized carbons (Fsp3) is 0.0556. The molecular formula is C18H12O2. The lowest BCUT2D eigenvalue weighted by atomic mass is 9.94. The number of hydrogen-bond acceptors (Lipinski definition) is 2. The first-order chi connectivity index (χ1) is 9.74. The molecule has 96 valence electrons. The van der Waals surface area contributed by atoms with Crippen molar-refractivity contribution in [2.24, 2.45) is 0 Å². The third kappa shape index (κ3) is 1.48. The molecule has 4 rings (SSSR count). The highest BCUT2D eigenvalue weighted by atomic mass is 16.5. The topological polar surface area (TPSA) is 26.3 Å². The normalized spacial score (nSPS) is 11.4. The first-order valence-corrected chi connectivity index (χ1v) is 6.59. The van der Waals surface area contributed by atoms with Crippen molar-refractivity contribution in [1.29, 1.82) is 0 Å². The Morgan fingerprint density at radius 2 is 1.40 bits per heavy atom. The van der Waals surface area contributed by atoms with Crippen molar-refractivity contribution >= 4 is 38.3 Å². The van der Waals surface area contributed by atoms with Crippen LogP contribution in [0.4, 0.5) is 0 Å². The summed E-state index contributed by atoms with van der Waals surface area (Å²) in [6.45, 7) is 1.43. The molecule has 0 aliphatic carbocycles. The van der Waals surface area contributed by atoms with Crippen LogP contribution in [-0.2, 0) is 4.79 Å². The maximum absolute atomic E-state index is 11.3. The van der Waals surface area contributed by atoms with E-state index in [0.29, 0.717) is 5.75 Å². The summed E-state index contributed by atoms with van der Waals surface area (Å²) >= 11 is 0. The zero-order chi connectivity index (χ0) is 13.7. The van der Waals surface area contributed by atoms with Crippen LogP contribution in [0.25, 0.3) is 32.3 Å². The molecule has 0 bridgehead atoms. The Labute approximate surface area is 115 Å². The van der Waals surface area contributed by atoms with Crippen LogP contribution >= 0.6 is 0 Å². The molecule has 4 aromatic rings. The van der Waals surface area contributed by atoms with Gasteiger partial charge in [-0.3, -0.25) is 4.79 Å². The van der Waals surface area contributed by atoms with Crippen molar-refractivity contribution in [2.45, 2.75) is 6.92 Å². The molecule has 20 heavy (non-hydrogen) atoms. The fourth-order valence-corrected chi connectivity index (χ4v) is 2.95. The summed E-state index contributed by atoms with van der Waals surface area (Å²) in [5.41, 5.74) is 0. The second kappa shape index (κ2) is 3.94. The van der Waals surface area contributed by atoms with Crippen LogP contribution in [0.15, 0.2) is 54.6 Å². The molecule has 0 unspecified atom stereocenters. The Bertz CT molecular complexity index is 938. The molecule has 0 spiro atoms. The predicted molar refractivity (Wildman–Crippen MR) is 81.5 cm³/mol. The molecular weight excluding hydrogens is 248 g/mol. The fourth-order valence-electron chi connectivity index (χ4n) is 2.95. The van der Waals surface area contributed by atoms with Crippen molar-refractivity contribution < 1.29 is 9.53 Å². The molecule has 0 aromatic heterocycles. The number of esters is 1. The molecule has 0 atom stereocenters. The lowest BCUT2D eigenvalue weighted by molar-refractivity contribution is -0.131. The summed E-state index contributed by atoms with van der Waals surface area (Å²) in [7, 11) is 0. The maximum atomic E-state index is 11.3. The van der Waals surface area contributed by atoms with Gasteiger partial charge in [-0.15, -0.1) is 0 Å². The zero-order valence-corrected chi connectivity index (χ0v) is 11.0. The van der Waals surface area contributed by atoms with E-state index in [1.807, 2.05) is 18.2 Å². The lowest BCUT2D eigenvalue weighted by Crippen LogP contribution is -2.01. The van der Waals surface area contributed by atoms with E-state index in [-0.39, 0.29) is 5.97 Å². The van der Waals surface area contributed by atoms with Gasteiger partial charge in [-0.25, -0.2) is 0 Å². The Morgan fingerprint density at radius 1 is 0.800 bits per heavy atom. The van der Waals surface area contributed by atoms with Crippen LogP contribution in [0, 0.1) is 0 Å². The molecule has 0 aliphatic heterocycles. The van der Waals surface area contributed by atoms with Gasteiger partial charge in [0.05, 0.1) is 0 Å². The lowest BCUT2D eigenvalue weighted by Gasteiger charge is -2.13. The van der Waals surface area contributed by atoms with Crippen molar-refractivity contribution in [3.05, 3.63) is 54.6 Å². The highest BCUT2D eigenvalue weighted by molar-refractivity contribution is 6.24. The van der Waals surface area contributed by atoms with Crippen LogP contribution in [0.3, 0.4) is 0 Å². The van der Waals surface area contributed by atoms with Gasteiger partial charge in [-0.1, -0.05) is 42.5 Å². The van der Waals surface area contributed by atoms with E-state index >= 15 is 0 Å². The summed E-state index contributed by atoms with van der Waals surface area (Å²) < 4.78 is 5.33. The Balaban J connectivity index is 2.23. The molecule has 0 saturated heterocycles. The van der Waals surface area contributed by atoms with Crippen LogP contribution in [-0.4, -0.2) is 5.97 Å². The van der Waals surface area contributed by atoms with Gasteiger partial charge < -0.3 is 4.74 Å². The summed E-state index contributed by atoms with van der Waals surface area (Å²) in [5, 5.41) is 6.97. The van der Waals surface area contributed by atoms with E-state index in [2.05, 4.69) is 36.4 Å². The van der Waals surface area contributed by atoms with Crippen LogP contribution in [0.2, 0.25) is 0 Å².